The van der Waals surface area contributed by atoms with E-state index in [2.05, 4.69) is 37.6 Å². The molecule has 2 rings (SSSR count). The number of rotatable bonds is 6. The van der Waals surface area contributed by atoms with Crippen molar-refractivity contribution >= 4 is 11.9 Å². The fourth-order valence-electron chi connectivity index (χ4n) is 4.13. The Morgan fingerprint density at radius 2 is 1.78 bits per heavy atom. The molecule has 4 atom stereocenters. The Morgan fingerprint density at radius 3 is 2.33 bits per heavy atom. The van der Waals surface area contributed by atoms with Gasteiger partial charge in [-0.05, 0) is 29.7 Å². The van der Waals surface area contributed by atoms with Crippen LogP contribution in [0.4, 0.5) is 4.39 Å². The maximum absolute atomic E-state index is 15.0. The molecule has 1 aromatic rings. The molecule has 0 N–H and O–H groups in total. The van der Waals surface area contributed by atoms with Crippen molar-refractivity contribution < 1.29 is 23.5 Å². The van der Waals surface area contributed by atoms with E-state index in [1.165, 1.54) is 6.92 Å². The van der Waals surface area contributed by atoms with Crippen molar-refractivity contribution in [3.05, 3.63) is 35.9 Å². The molecule has 1 aromatic carbocycles. The van der Waals surface area contributed by atoms with Crippen molar-refractivity contribution in [3.8, 4) is 0 Å². The molecule has 0 aliphatic heterocycles. The van der Waals surface area contributed by atoms with E-state index in [1.54, 1.807) is 0 Å². The van der Waals surface area contributed by atoms with Gasteiger partial charge in [-0.25, -0.2) is 14.0 Å². The van der Waals surface area contributed by atoms with Crippen LogP contribution in [0.15, 0.2) is 30.3 Å². The monoisotopic (exact) mass is 378 g/mol. The summed E-state index contributed by atoms with van der Waals surface area (Å²) in [4.78, 5) is 24.4. The second-order valence-electron chi connectivity index (χ2n) is 8.20. The molecule has 0 unspecified atom stereocenters. The number of benzene rings is 1. The Kier molecular flexibility index (Phi) is 6.66. The largest absolute Gasteiger partial charge is 0.466 e. The van der Waals surface area contributed by atoms with Crippen molar-refractivity contribution in [2.75, 3.05) is 7.11 Å². The van der Waals surface area contributed by atoms with E-state index in [-0.39, 0.29) is 17.8 Å². The van der Waals surface area contributed by atoms with Gasteiger partial charge >= 0.3 is 17.6 Å². The molecule has 0 radical (unpaired) electrons. The second-order valence-corrected chi connectivity index (χ2v) is 8.20. The van der Waals surface area contributed by atoms with Crippen molar-refractivity contribution in [1.29, 1.82) is 0 Å². The van der Waals surface area contributed by atoms with Crippen LogP contribution in [0.3, 0.4) is 0 Å². The first-order chi connectivity index (χ1) is 12.7. The van der Waals surface area contributed by atoms with E-state index in [0.29, 0.717) is 12.3 Å². The Labute approximate surface area is 161 Å². The molecule has 0 amide bonds. The molecule has 1 aliphatic carbocycles. The highest BCUT2D eigenvalue weighted by atomic mass is 19.1. The summed E-state index contributed by atoms with van der Waals surface area (Å²) in [5.74, 6) is -1.92. The highest BCUT2D eigenvalue weighted by Gasteiger charge is 2.51. The number of halogens is 1. The van der Waals surface area contributed by atoms with Gasteiger partial charge in [0.2, 0.25) is 0 Å². The Bertz CT molecular complexity index is 658. The lowest BCUT2D eigenvalue weighted by atomic mass is 9.64. The molecule has 0 heterocycles. The third kappa shape index (κ3) is 4.33. The van der Waals surface area contributed by atoms with Crippen LogP contribution < -0.4 is 0 Å². The van der Waals surface area contributed by atoms with Crippen LogP contribution in [-0.4, -0.2) is 30.8 Å². The molecule has 0 bridgehead atoms. The fraction of sp³-hybridized carbons (Fsp3) is 0.636. The van der Waals surface area contributed by atoms with Gasteiger partial charge in [-0.1, -0.05) is 64.4 Å². The highest BCUT2D eigenvalue weighted by Crippen LogP contribution is 2.44. The number of alkyl halides is 1. The van der Waals surface area contributed by atoms with Crippen LogP contribution in [0, 0.1) is 11.8 Å². The number of ether oxygens (including phenoxy) is 2. The maximum Gasteiger partial charge on any atom is 0.356 e. The normalized spacial score (nSPS) is 25.3. The average molecular weight is 378 g/mol. The summed E-state index contributed by atoms with van der Waals surface area (Å²) in [6, 6.07) is 10.1. The minimum absolute atomic E-state index is 0.0406. The minimum atomic E-state index is -2.75. The summed E-state index contributed by atoms with van der Waals surface area (Å²) in [5, 5.41) is 0. The first kappa shape index (κ1) is 21.4. The van der Waals surface area contributed by atoms with Crippen LogP contribution in [0.5, 0.6) is 0 Å². The van der Waals surface area contributed by atoms with Gasteiger partial charge in [0.25, 0.3) is 0 Å². The zero-order valence-electron chi connectivity index (χ0n) is 17.0. The van der Waals surface area contributed by atoms with Gasteiger partial charge in [0, 0.05) is 12.3 Å². The van der Waals surface area contributed by atoms with Crippen LogP contribution >= 0.6 is 0 Å². The van der Waals surface area contributed by atoms with Gasteiger partial charge in [0.05, 0.1) is 7.11 Å². The van der Waals surface area contributed by atoms with Crippen LogP contribution in [0.2, 0.25) is 0 Å². The predicted octanol–water partition coefficient (Wildman–Crippen LogP) is 4.60. The standard InChI is InChI=1S/C22H31FO4/c1-6-22(23,19(24)26-5)20(25)27-18-14-15(2)12-13-17(18)21(3,4)16-10-8-7-9-11-16/h7-11,15,17-18H,6,12-14H2,1-5H3/t15-,17-,18-,22+/m1/s1. The zero-order chi connectivity index (χ0) is 20.2. The highest BCUT2D eigenvalue weighted by molar-refractivity contribution is 6.03. The van der Waals surface area contributed by atoms with Crippen molar-refractivity contribution in [3.63, 3.8) is 0 Å². The van der Waals surface area contributed by atoms with Gasteiger partial charge in [0.1, 0.15) is 6.10 Å². The van der Waals surface area contributed by atoms with Crippen LogP contribution in [0.1, 0.15) is 58.9 Å². The molecule has 0 aromatic heterocycles. The Morgan fingerprint density at radius 1 is 1.15 bits per heavy atom. The molecule has 5 heteroatoms. The lowest BCUT2D eigenvalue weighted by molar-refractivity contribution is -0.181. The maximum atomic E-state index is 15.0. The molecule has 27 heavy (non-hydrogen) atoms. The number of carbonyl (C=O) groups is 2. The molecule has 0 saturated heterocycles. The molecule has 1 fully saturated rings. The lowest BCUT2D eigenvalue weighted by Crippen LogP contribution is -2.49. The molecule has 1 saturated carbocycles. The molecular weight excluding hydrogens is 347 g/mol. The summed E-state index contributed by atoms with van der Waals surface area (Å²) >= 11 is 0. The van der Waals surface area contributed by atoms with Crippen molar-refractivity contribution in [2.24, 2.45) is 11.8 Å². The number of methoxy groups -OCH3 is 1. The fourth-order valence-corrected chi connectivity index (χ4v) is 4.13. The smallest absolute Gasteiger partial charge is 0.356 e. The Balaban J connectivity index is 2.28. The van der Waals surface area contributed by atoms with Gasteiger partial charge in [-0.15, -0.1) is 0 Å². The summed E-state index contributed by atoms with van der Waals surface area (Å²) in [7, 11) is 1.07. The number of esters is 2. The number of hydrogen-bond donors (Lipinski definition) is 0. The van der Waals surface area contributed by atoms with Gasteiger partial charge in [-0.3, -0.25) is 0 Å². The third-order valence-electron chi connectivity index (χ3n) is 6.08. The van der Waals surface area contributed by atoms with E-state index in [9.17, 15) is 14.0 Å². The van der Waals surface area contributed by atoms with Gasteiger partial charge in [-0.2, -0.15) is 0 Å². The Hall–Kier alpha value is -1.91. The first-order valence-corrected chi connectivity index (χ1v) is 9.70. The average Bonchev–Trinajstić information content (AvgIpc) is 2.67. The van der Waals surface area contributed by atoms with Gasteiger partial charge in [0.15, 0.2) is 0 Å². The predicted molar refractivity (Wildman–Crippen MR) is 102 cm³/mol. The summed E-state index contributed by atoms with van der Waals surface area (Å²) in [6.45, 7) is 7.81. The SMILES string of the molecule is CC[C@](F)(C(=O)OC)C(=O)O[C@@H]1C[C@H](C)CC[C@H]1C(C)(C)c1ccccc1. The molecular formula is C22H31FO4. The summed E-state index contributed by atoms with van der Waals surface area (Å²) in [5.41, 5.74) is -1.85. The molecule has 0 spiro atoms. The minimum Gasteiger partial charge on any atom is -0.466 e. The topological polar surface area (TPSA) is 52.6 Å². The molecule has 1 aliphatic rings. The molecule has 4 nitrogen and oxygen atoms in total. The zero-order valence-corrected chi connectivity index (χ0v) is 17.0. The van der Waals surface area contributed by atoms with E-state index < -0.39 is 23.7 Å². The summed E-state index contributed by atoms with van der Waals surface area (Å²) < 4.78 is 25.1. The second kappa shape index (κ2) is 8.41. The third-order valence-corrected chi connectivity index (χ3v) is 6.08. The number of carbonyl (C=O) groups excluding carboxylic acids is 2. The van der Waals surface area contributed by atoms with Crippen molar-refractivity contribution in [1.82, 2.24) is 0 Å². The van der Waals surface area contributed by atoms with Crippen molar-refractivity contribution in [2.45, 2.75) is 70.6 Å². The van der Waals surface area contributed by atoms with Gasteiger partial charge < -0.3 is 9.47 Å². The quantitative estimate of drug-likeness (QED) is 0.536. The van der Waals surface area contributed by atoms with Crippen LogP contribution in [-0.2, 0) is 24.5 Å². The summed E-state index contributed by atoms with van der Waals surface area (Å²) in [6.07, 6.45) is 1.81. The van der Waals surface area contributed by atoms with E-state index in [4.69, 9.17) is 4.74 Å². The van der Waals surface area contributed by atoms with Crippen LogP contribution in [0.25, 0.3) is 0 Å². The first-order valence-electron chi connectivity index (χ1n) is 9.70. The van der Waals surface area contributed by atoms with E-state index in [0.717, 1.165) is 25.5 Å². The van der Waals surface area contributed by atoms with E-state index >= 15 is 0 Å². The lowest BCUT2D eigenvalue weighted by Gasteiger charge is -2.44. The van der Waals surface area contributed by atoms with E-state index in [1.807, 2.05) is 18.2 Å². The molecule has 150 valence electrons. The number of hydrogen-bond acceptors (Lipinski definition) is 4.